The Hall–Kier alpha value is -1.50. The Bertz CT molecular complexity index is 575. The van der Waals surface area contributed by atoms with Gasteiger partial charge in [-0.05, 0) is 6.92 Å². The smallest absolute Gasteiger partial charge is 0.205 e. The molecule has 2 aromatic rings. The first-order chi connectivity index (χ1) is 10.3. The molecule has 1 aliphatic rings. The van der Waals surface area contributed by atoms with E-state index in [2.05, 4.69) is 21.2 Å². The topological polar surface area (TPSA) is 47.5 Å². The van der Waals surface area contributed by atoms with Crippen molar-refractivity contribution in [1.82, 2.24) is 9.36 Å². The number of anilines is 1. The first-order valence-corrected chi connectivity index (χ1v) is 7.82. The van der Waals surface area contributed by atoms with Crippen molar-refractivity contribution in [1.29, 1.82) is 0 Å². The van der Waals surface area contributed by atoms with Gasteiger partial charge in [0.1, 0.15) is 0 Å². The number of hydrogen-bond donors (Lipinski definition) is 0. The molecule has 0 bridgehead atoms. The van der Waals surface area contributed by atoms with Gasteiger partial charge in [-0.1, -0.05) is 30.3 Å². The lowest BCUT2D eigenvalue weighted by atomic mass is 10.2. The molecule has 1 aromatic carbocycles. The molecule has 0 amide bonds. The van der Waals surface area contributed by atoms with Gasteiger partial charge in [-0.3, -0.25) is 0 Å². The number of morpholine rings is 1. The Morgan fingerprint density at radius 3 is 2.90 bits per heavy atom. The van der Waals surface area contributed by atoms with Crippen molar-refractivity contribution in [3.63, 3.8) is 0 Å². The van der Waals surface area contributed by atoms with Gasteiger partial charge in [0.05, 0.1) is 18.8 Å². The van der Waals surface area contributed by atoms with E-state index in [0.717, 1.165) is 29.6 Å². The van der Waals surface area contributed by atoms with Crippen LogP contribution in [0.5, 0.6) is 0 Å². The second-order valence-electron chi connectivity index (χ2n) is 5.20. The van der Waals surface area contributed by atoms with E-state index in [1.165, 1.54) is 11.5 Å². The minimum Gasteiger partial charge on any atom is -0.382 e. The lowest BCUT2D eigenvalue weighted by molar-refractivity contribution is -0.0510. The number of methoxy groups -OCH3 is 1. The highest BCUT2D eigenvalue weighted by Crippen LogP contribution is 2.26. The quantitative estimate of drug-likeness (QED) is 0.868. The molecule has 0 N–H and O–H groups in total. The van der Waals surface area contributed by atoms with Crippen LogP contribution in [0.1, 0.15) is 6.92 Å². The molecule has 1 aliphatic heterocycles. The van der Waals surface area contributed by atoms with Crippen molar-refractivity contribution >= 4 is 16.7 Å². The zero-order chi connectivity index (χ0) is 14.7. The van der Waals surface area contributed by atoms with E-state index < -0.39 is 0 Å². The van der Waals surface area contributed by atoms with Crippen LogP contribution in [0.3, 0.4) is 0 Å². The van der Waals surface area contributed by atoms with Gasteiger partial charge in [-0.15, -0.1) is 0 Å². The maximum atomic E-state index is 5.86. The molecule has 6 heteroatoms. The SMILES string of the molecule is COCC1CN(c2nc(-c3ccccc3)ns2)CC(C)O1. The highest BCUT2D eigenvalue weighted by atomic mass is 32.1. The van der Waals surface area contributed by atoms with Crippen molar-refractivity contribution < 1.29 is 9.47 Å². The van der Waals surface area contributed by atoms with Crippen molar-refractivity contribution in [2.45, 2.75) is 19.1 Å². The number of benzene rings is 1. The number of aromatic nitrogens is 2. The van der Waals surface area contributed by atoms with Crippen molar-refractivity contribution in [3.05, 3.63) is 30.3 Å². The molecule has 1 saturated heterocycles. The van der Waals surface area contributed by atoms with E-state index in [4.69, 9.17) is 9.47 Å². The molecule has 0 spiro atoms. The summed E-state index contributed by atoms with van der Waals surface area (Å²) in [5.74, 6) is 0.790. The Kier molecular flexibility index (Phi) is 4.48. The third kappa shape index (κ3) is 3.40. The third-order valence-electron chi connectivity index (χ3n) is 3.40. The highest BCUT2D eigenvalue weighted by Gasteiger charge is 2.27. The van der Waals surface area contributed by atoms with E-state index in [-0.39, 0.29) is 12.2 Å². The van der Waals surface area contributed by atoms with Gasteiger partial charge in [-0.2, -0.15) is 9.36 Å². The first-order valence-electron chi connectivity index (χ1n) is 7.04. The summed E-state index contributed by atoms with van der Waals surface area (Å²) in [6.07, 6.45) is 0.255. The van der Waals surface area contributed by atoms with E-state index in [1.54, 1.807) is 7.11 Å². The van der Waals surface area contributed by atoms with Gasteiger partial charge in [0.15, 0.2) is 5.82 Å². The monoisotopic (exact) mass is 305 g/mol. The van der Waals surface area contributed by atoms with Gasteiger partial charge in [0, 0.05) is 37.3 Å². The standard InChI is InChI=1S/C15H19N3O2S/c1-11-8-18(9-13(20-11)10-19-2)15-16-14(17-21-15)12-6-4-3-5-7-12/h3-7,11,13H,8-10H2,1-2H3. The van der Waals surface area contributed by atoms with Crippen LogP contribution < -0.4 is 4.90 Å². The van der Waals surface area contributed by atoms with E-state index in [0.29, 0.717) is 6.61 Å². The summed E-state index contributed by atoms with van der Waals surface area (Å²) in [6, 6.07) is 10.1. The van der Waals surface area contributed by atoms with Crippen LogP contribution in [0.4, 0.5) is 5.13 Å². The van der Waals surface area contributed by atoms with Crippen molar-refractivity contribution in [2.75, 3.05) is 31.7 Å². The maximum absolute atomic E-state index is 5.86. The molecule has 3 rings (SSSR count). The number of ether oxygens (including phenoxy) is 2. The molecule has 0 radical (unpaired) electrons. The molecule has 2 atom stereocenters. The summed E-state index contributed by atoms with van der Waals surface area (Å²) in [5.41, 5.74) is 1.05. The summed E-state index contributed by atoms with van der Waals surface area (Å²) in [5, 5.41) is 0.949. The number of rotatable bonds is 4. The van der Waals surface area contributed by atoms with Crippen LogP contribution >= 0.6 is 11.5 Å². The van der Waals surface area contributed by atoms with Gasteiger partial charge in [-0.25, -0.2) is 0 Å². The summed E-state index contributed by atoms with van der Waals surface area (Å²) >= 11 is 1.44. The number of nitrogens with zero attached hydrogens (tertiary/aromatic N) is 3. The van der Waals surface area contributed by atoms with Crippen molar-refractivity contribution in [3.8, 4) is 11.4 Å². The molecule has 2 unspecified atom stereocenters. The average molecular weight is 305 g/mol. The normalized spacial score (nSPS) is 22.5. The van der Waals surface area contributed by atoms with E-state index >= 15 is 0 Å². The Morgan fingerprint density at radius 1 is 1.33 bits per heavy atom. The lowest BCUT2D eigenvalue weighted by Gasteiger charge is -2.36. The highest BCUT2D eigenvalue weighted by molar-refractivity contribution is 7.09. The van der Waals surface area contributed by atoms with Gasteiger partial charge in [0.2, 0.25) is 5.13 Å². The van der Waals surface area contributed by atoms with Crippen LogP contribution in [-0.4, -0.2) is 48.4 Å². The van der Waals surface area contributed by atoms with Crippen LogP contribution in [0.15, 0.2) is 30.3 Å². The molecule has 1 aromatic heterocycles. The second kappa shape index (κ2) is 6.51. The lowest BCUT2D eigenvalue weighted by Crippen LogP contribution is -2.48. The minimum atomic E-state index is 0.0859. The van der Waals surface area contributed by atoms with Gasteiger partial charge in [0.25, 0.3) is 0 Å². The van der Waals surface area contributed by atoms with E-state index in [9.17, 15) is 0 Å². The average Bonchev–Trinajstić information content (AvgIpc) is 2.98. The summed E-state index contributed by atoms with van der Waals surface area (Å²) in [6.45, 7) is 4.31. The van der Waals surface area contributed by atoms with Crippen LogP contribution in [-0.2, 0) is 9.47 Å². The Balaban J connectivity index is 1.76. The first kappa shape index (κ1) is 14.4. The predicted octanol–water partition coefficient (Wildman–Crippen LogP) is 2.45. The fourth-order valence-corrected chi connectivity index (χ4v) is 3.23. The molecule has 5 nitrogen and oxygen atoms in total. The molecule has 2 heterocycles. The predicted molar refractivity (Wildman–Crippen MR) is 83.8 cm³/mol. The minimum absolute atomic E-state index is 0.0859. The van der Waals surface area contributed by atoms with Crippen molar-refractivity contribution in [2.24, 2.45) is 0 Å². The summed E-state index contributed by atoms with van der Waals surface area (Å²) in [7, 11) is 1.70. The molecule has 21 heavy (non-hydrogen) atoms. The fourth-order valence-electron chi connectivity index (χ4n) is 2.53. The molecule has 112 valence electrons. The molecule has 0 aliphatic carbocycles. The fraction of sp³-hybridized carbons (Fsp3) is 0.467. The largest absolute Gasteiger partial charge is 0.382 e. The molecular weight excluding hydrogens is 286 g/mol. The zero-order valence-electron chi connectivity index (χ0n) is 12.2. The Morgan fingerprint density at radius 2 is 2.14 bits per heavy atom. The summed E-state index contributed by atoms with van der Waals surface area (Å²) < 4.78 is 15.5. The maximum Gasteiger partial charge on any atom is 0.205 e. The van der Waals surface area contributed by atoms with Crippen LogP contribution in [0, 0.1) is 0 Å². The Labute approximate surface area is 128 Å². The molecular formula is C15H19N3O2S. The third-order valence-corrected chi connectivity index (χ3v) is 4.17. The second-order valence-corrected chi connectivity index (χ2v) is 5.93. The number of hydrogen-bond acceptors (Lipinski definition) is 6. The molecule has 1 fully saturated rings. The van der Waals surface area contributed by atoms with Gasteiger partial charge >= 0.3 is 0 Å². The van der Waals surface area contributed by atoms with E-state index in [1.807, 2.05) is 30.3 Å². The summed E-state index contributed by atoms with van der Waals surface area (Å²) in [4.78, 5) is 6.91. The van der Waals surface area contributed by atoms with Crippen LogP contribution in [0.25, 0.3) is 11.4 Å². The zero-order valence-corrected chi connectivity index (χ0v) is 13.0. The van der Waals surface area contributed by atoms with Gasteiger partial charge < -0.3 is 14.4 Å². The van der Waals surface area contributed by atoms with Crippen LogP contribution in [0.2, 0.25) is 0 Å². The molecule has 0 saturated carbocycles.